The summed E-state index contributed by atoms with van der Waals surface area (Å²) >= 11 is 7.54. The Balaban J connectivity index is 1.95. The van der Waals surface area contributed by atoms with E-state index in [4.69, 9.17) is 12.2 Å². The summed E-state index contributed by atoms with van der Waals surface area (Å²) in [5, 5.41) is 13.6. The molecule has 0 spiro atoms. The fourth-order valence-electron chi connectivity index (χ4n) is 1.97. The standard InChI is InChI=1S/C14H8N2O3S3/c17-13-12(22-14(20)15-13)7-8-5-6-11(21-8)9-3-1-2-4-10(9)16(18)19/h1-7H,(H,15,17,20). The second kappa shape index (κ2) is 5.99. The minimum Gasteiger partial charge on any atom is -0.307 e. The van der Waals surface area contributed by atoms with E-state index in [2.05, 4.69) is 5.32 Å². The molecule has 110 valence electrons. The van der Waals surface area contributed by atoms with Crippen molar-refractivity contribution in [3.8, 4) is 10.4 Å². The van der Waals surface area contributed by atoms with Crippen molar-refractivity contribution in [2.75, 3.05) is 0 Å². The highest BCUT2D eigenvalue weighted by Gasteiger charge is 2.22. The number of nitro benzene ring substituents is 1. The number of carbonyl (C=O) groups is 1. The first-order valence-electron chi connectivity index (χ1n) is 6.13. The van der Waals surface area contributed by atoms with Crippen molar-refractivity contribution in [3.63, 3.8) is 0 Å². The normalized spacial score (nSPS) is 16.1. The predicted octanol–water partition coefficient (Wildman–Crippen LogP) is 3.81. The van der Waals surface area contributed by atoms with Gasteiger partial charge in [0.2, 0.25) is 0 Å². The molecule has 0 radical (unpaired) electrons. The Kier molecular flexibility index (Phi) is 4.06. The van der Waals surface area contributed by atoms with Crippen LogP contribution in [0.2, 0.25) is 0 Å². The van der Waals surface area contributed by atoms with Gasteiger partial charge in [-0.1, -0.05) is 36.1 Å². The highest BCUT2D eigenvalue weighted by molar-refractivity contribution is 8.26. The molecule has 1 aliphatic heterocycles. The number of hydrogen-bond donors (Lipinski definition) is 1. The Hall–Kier alpha value is -2.03. The van der Waals surface area contributed by atoms with Crippen molar-refractivity contribution in [2.45, 2.75) is 0 Å². The lowest BCUT2D eigenvalue weighted by atomic mass is 10.1. The smallest absolute Gasteiger partial charge is 0.278 e. The summed E-state index contributed by atoms with van der Waals surface area (Å²) in [5.41, 5.74) is 0.638. The van der Waals surface area contributed by atoms with Crippen molar-refractivity contribution >= 4 is 57.3 Å². The number of thiophene rings is 1. The van der Waals surface area contributed by atoms with Crippen LogP contribution in [0.5, 0.6) is 0 Å². The van der Waals surface area contributed by atoms with Gasteiger partial charge in [0.05, 0.1) is 15.4 Å². The van der Waals surface area contributed by atoms with E-state index in [1.807, 2.05) is 12.1 Å². The summed E-state index contributed by atoms with van der Waals surface area (Å²) in [4.78, 5) is 24.5. The van der Waals surface area contributed by atoms with Gasteiger partial charge in [0.1, 0.15) is 4.32 Å². The first-order valence-corrected chi connectivity index (χ1v) is 8.17. The number of rotatable bonds is 3. The van der Waals surface area contributed by atoms with Gasteiger partial charge >= 0.3 is 0 Å². The van der Waals surface area contributed by atoms with Gasteiger partial charge in [0, 0.05) is 15.8 Å². The van der Waals surface area contributed by atoms with Crippen LogP contribution in [0.25, 0.3) is 16.5 Å². The summed E-state index contributed by atoms with van der Waals surface area (Å²) in [6, 6.07) is 10.2. The molecule has 1 N–H and O–H groups in total. The summed E-state index contributed by atoms with van der Waals surface area (Å²) in [7, 11) is 0. The van der Waals surface area contributed by atoms with Gasteiger partial charge in [-0.25, -0.2) is 0 Å². The van der Waals surface area contributed by atoms with Gasteiger partial charge < -0.3 is 5.32 Å². The van der Waals surface area contributed by atoms with E-state index >= 15 is 0 Å². The maximum absolute atomic E-state index is 11.6. The van der Waals surface area contributed by atoms with Crippen LogP contribution < -0.4 is 5.32 Å². The van der Waals surface area contributed by atoms with Crippen molar-refractivity contribution in [2.24, 2.45) is 0 Å². The monoisotopic (exact) mass is 348 g/mol. The minimum atomic E-state index is -0.397. The molecule has 5 nitrogen and oxygen atoms in total. The molecule has 8 heteroatoms. The molecule has 1 aromatic heterocycles. The fraction of sp³-hybridized carbons (Fsp3) is 0. The van der Waals surface area contributed by atoms with E-state index in [0.717, 1.165) is 9.75 Å². The Bertz CT molecular complexity index is 826. The van der Waals surface area contributed by atoms with Gasteiger partial charge in [0.15, 0.2) is 0 Å². The Morgan fingerprint density at radius 1 is 1.23 bits per heavy atom. The lowest BCUT2D eigenvalue weighted by Gasteiger charge is -1.98. The summed E-state index contributed by atoms with van der Waals surface area (Å²) in [6.45, 7) is 0. The Morgan fingerprint density at radius 2 is 2.00 bits per heavy atom. The molecule has 0 unspecified atom stereocenters. The van der Waals surface area contributed by atoms with Crippen LogP contribution in [0.4, 0.5) is 5.69 Å². The van der Waals surface area contributed by atoms with Gasteiger partial charge in [0.25, 0.3) is 11.6 Å². The van der Waals surface area contributed by atoms with Crippen LogP contribution >= 0.6 is 35.3 Å². The lowest BCUT2D eigenvalue weighted by molar-refractivity contribution is -0.384. The third-order valence-electron chi connectivity index (χ3n) is 2.91. The van der Waals surface area contributed by atoms with Crippen LogP contribution in [0.3, 0.4) is 0 Å². The zero-order valence-electron chi connectivity index (χ0n) is 10.9. The van der Waals surface area contributed by atoms with Crippen LogP contribution in [-0.2, 0) is 4.79 Å². The molecule has 1 fully saturated rings. The number of thiocarbonyl (C=S) groups is 1. The molecule has 2 heterocycles. The lowest BCUT2D eigenvalue weighted by Crippen LogP contribution is -2.17. The number of nitrogens with zero attached hydrogens (tertiary/aromatic N) is 1. The SMILES string of the molecule is O=C1NC(=S)SC1=Cc1ccc(-c2ccccc2[N+](=O)[O-])s1. The average Bonchev–Trinajstić information content (AvgIpc) is 3.06. The third-order valence-corrected chi connectivity index (χ3v) is 5.14. The molecule has 22 heavy (non-hydrogen) atoms. The molecule has 2 aromatic rings. The van der Waals surface area contributed by atoms with Crippen molar-refractivity contribution in [1.82, 2.24) is 5.32 Å². The number of para-hydroxylation sites is 1. The highest BCUT2D eigenvalue weighted by Crippen LogP contribution is 2.36. The molecule has 1 amide bonds. The maximum Gasteiger partial charge on any atom is 0.278 e. The molecule has 0 atom stereocenters. The number of thioether (sulfide) groups is 1. The van der Waals surface area contributed by atoms with E-state index in [1.165, 1.54) is 29.2 Å². The third kappa shape index (κ3) is 2.94. The first kappa shape index (κ1) is 14.9. The predicted molar refractivity (Wildman–Crippen MR) is 92.7 cm³/mol. The van der Waals surface area contributed by atoms with E-state index in [-0.39, 0.29) is 11.6 Å². The molecule has 1 aliphatic rings. The summed E-state index contributed by atoms with van der Waals surface area (Å²) < 4.78 is 0.437. The molecule has 0 aliphatic carbocycles. The molecule has 1 saturated heterocycles. The van der Waals surface area contributed by atoms with Gasteiger partial charge in [-0.2, -0.15) is 0 Å². The zero-order chi connectivity index (χ0) is 15.7. The molecule has 0 saturated carbocycles. The largest absolute Gasteiger partial charge is 0.307 e. The van der Waals surface area contributed by atoms with Crippen LogP contribution in [0.15, 0.2) is 41.3 Å². The van der Waals surface area contributed by atoms with E-state index in [9.17, 15) is 14.9 Å². The van der Waals surface area contributed by atoms with Gasteiger partial charge in [-0.3, -0.25) is 14.9 Å². The highest BCUT2D eigenvalue weighted by atomic mass is 32.2. The quantitative estimate of drug-likeness (QED) is 0.395. The number of nitro groups is 1. The number of benzene rings is 1. The van der Waals surface area contributed by atoms with Crippen LogP contribution in [-0.4, -0.2) is 15.2 Å². The maximum atomic E-state index is 11.6. The first-order chi connectivity index (χ1) is 10.5. The Morgan fingerprint density at radius 3 is 2.68 bits per heavy atom. The number of nitrogens with one attached hydrogen (secondary N) is 1. The number of amides is 1. The average molecular weight is 348 g/mol. The molecule has 3 rings (SSSR count). The zero-order valence-corrected chi connectivity index (χ0v) is 13.4. The van der Waals surface area contributed by atoms with Crippen molar-refractivity contribution in [1.29, 1.82) is 0 Å². The molecular weight excluding hydrogens is 340 g/mol. The second-order valence-corrected chi connectivity index (χ2v) is 7.16. The van der Waals surface area contributed by atoms with E-state index in [1.54, 1.807) is 24.3 Å². The minimum absolute atomic E-state index is 0.0673. The Labute approximate surface area is 139 Å². The van der Waals surface area contributed by atoms with Crippen LogP contribution in [0, 0.1) is 10.1 Å². The molecule has 0 bridgehead atoms. The summed E-state index contributed by atoms with van der Waals surface area (Å²) in [5.74, 6) is -0.212. The van der Waals surface area contributed by atoms with Crippen molar-refractivity contribution < 1.29 is 9.72 Å². The van der Waals surface area contributed by atoms with Gasteiger partial charge in [-0.05, 0) is 24.3 Å². The van der Waals surface area contributed by atoms with E-state index in [0.29, 0.717) is 14.8 Å². The molecular formula is C14H8N2O3S3. The van der Waals surface area contributed by atoms with Crippen LogP contribution in [0.1, 0.15) is 4.88 Å². The topological polar surface area (TPSA) is 72.2 Å². The number of hydrogen-bond acceptors (Lipinski definition) is 6. The fourth-order valence-corrected chi connectivity index (χ4v) is 4.06. The van der Waals surface area contributed by atoms with E-state index < -0.39 is 4.92 Å². The summed E-state index contributed by atoms with van der Waals surface area (Å²) in [6.07, 6.45) is 1.74. The molecule has 1 aromatic carbocycles. The van der Waals surface area contributed by atoms with Crippen molar-refractivity contribution in [3.05, 3.63) is 56.3 Å². The van der Waals surface area contributed by atoms with Gasteiger partial charge in [-0.15, -0.1) is 11.3 Å². The second-order valence-electron chi connectivity index (χ2n) is 4.33. The number of carbonyl (C=O) groups excluding carboxylic acids is 1.